The summed E-state index contributed by atoms with van der Waals surface area (Å²) in [6, 6.07) is 4.32. The van der Waals surface area contributed by atoms with Gasteiger partial charge in [0, 0.05) is 32.2 Å². The number of hydrogen-bond donors (Lipinski definition) is 0. The van der Waals surface area contributed by atoms with Crippen molar-refractivity contribution in [2.24, 2.45) is 0 Å². The first-order valence-corrected chi connectivity index (χ1v) is 7.86. The Morgan fingerprint density at radius 3 is 2.65 bits per heavy atom. The highest BCUT2D eigenvalue weighted by Crippen LogP contribution is 2.37. The molecule has 2 heterocycles. The number of rotatable bonds is 3. The number of carbonyl (C=O) groups excluding carboxylic acids is 1. The third-order valence-corrected chi connectivity index (χ3v) is 4.87. The molecular weight excluding hydrogens is 301 g/mol. The summed E-state index contributed by atoms with van der Waals surface area (Å²) in [6.45, 7) is 1.85. The van der Waals surface area contributed by atoms with E-state index in [4.69, 9.17) is 14.2 Å². The lowest BCUT2D eigenvalue weighted by Gasteiger charge is -2.38. The summed E-state index contributed by atoms with van der Waals surface area (Å²) in [5, 5.41) is 0. The summed E-state index contributed by atoms with van der Waals surface area (Å²) in [5.74, 6) is -0.527. The summed E-state index contributed by atoms with van der Waals surface area (Å²) in [4.78, 5) is 14.3. The number of methoxy groups -OCH3 is 2. The van der Waals surface area contributed by atoms with Gasteiger partial charge in [0.25, 0.3) is 5.91 Å². The molecule has 1 amide bonds. The molecule has 0 aliphatic carbocycles. The van der Waals surface area contributed by atoms with Crippen LogP contribution in [0.1, 0.15) is 29.6 Å². The molecule has 3 rings (SSSR count). The minimum absolute atomic E-state index is 0.143. The van der Waals surface area contributed by atoms with Gasteiger partial charge in [-0.15, -0.1) is 0 Å². The molecule has 2 saturated heterocycles. The first-order chi connectivity index (χ1) is 11.1. The number of halogens is 1. The fourth-order valence-electron chi connectivity index (χ4n) is 3.40. The van der Waals surface area contributed by atoms with E-state index in [-0.39, 0.29) is 23.4 Å². The van der Waals surface area contributed by atoms with Crippen LogP contribution in [0, 0.1) is 5.82 Å². The fraction of sp³-hybridized carbons (Fsp3) is 0.588. The molecule has 2 aliphatic rings. The lowest BCUT2D eigenvalue weighted by atomic mass is 9.87. The number of hydrogen-bond acceptors (Lipinski definition) is 4. The highest BCUT2D eigenvalue weighted by Gasteiger charge is 2.43. The summed E-state index contributed by atoms with van der Waals surface area (Å²) < 4.78 is 29.9. The molecular formula is C17H22FNO4. The van der Waals surface area contributed by atoms with Gasteiger partial charge in [0.2, 0.25) is 0 Å². The highest BCUT2D eigenvalue weighted by molar-refractivity contribution is 5.94. The number of benzene rings is 1. The average molecular weight is 323 g/mol. The highest BCUT2D eigenvalue weighted by atomic mass is 19.1. The predicted molar refractivity (Wildman–Crippen MR) is 82.2 cm³/mol. The summed E-state index contributed by atoms with van der Waals surface area (Å²) >= 11 is 0. The van der Waals surface area contributed by atoms with Crippen molar-refractivity contribution in [2.45, 2.75) is 31.0 Å². The second-order valence-electron chi connectivity index (χ2n) is 6.20. The van der Waals surface area contributed by atoms with Crippen LogP contribution in [0.4, 0.5) is 4.39 Å². The maximum Gasteiger partial charge on any atom is 0.253 e. The zero-order chi connectivity index (χ0) is 16.4. The van der Waals surface area contributed by atoms with Crippen LogP contribution in [-0.2, 0) is 9.47 Å². The molecule has 0 radical (unpaired) electrons. The zero-order valence-electron chi connectivity index (χ0n) is 13.5. The molecule has 2 aliphatic heterocycles. The molecule has 0 N–H and O–H groups in total. The number of ether oxygens (including phenoxy) is 3. The molecule has 23 heavy (non-hydrogen) atoms. The lowest BCUT2D eigenvalue weighted by Crippen LogP contribution is -2.46. The van der Waals surface area contributed by atoms with E-state index >= 15 is 0 Å². The largest absolute Gasteiger partial charge is 0.494 e. The molecule has 126 valence electrons. The van der Waals surface area contributed by atoms with Gasteiger partial charge in [-0.25, -0.2) is 4.39 Å². The van der Waals surface area contributed by atoms with Gasteiger partial charge in [-0.2, -0.15) is 0 Å². The number of piperidine rings is 1. The van der Waals surface area contributed by atoms with Gasteiger partial charge in [-0.3, -0.25) is 4.79 Å². The molecule has 1 aromatic rings. The van der Waals surface area contributed by atoms with Crippen molar-refractivity contribution in [3.8, 4) is 5.75 Å². The Kier molecular flexibility index (Phi) is 4.55. The van der Waals surface area contributed by atoms with Crippen molar-refractivity contribution in [2.75, 3.05) is 33.9 Å². The first-order valence-electron chi connectivity index (χ1n) is 7.86. The van der Waals surface area contributed by atoms with E-state index in [1.807, 2.05) is 0 Å². The number of likely N-dealkylation sites (tertiary alicyclic amines) is 1. The van der Waals surface area contributed by atoms with Crippen LogP contribution in [0.5, 0.6) is 5.75 Å². The summed E-state index contributed by atoms with van der Waals surface area (Å²) in [7, 11) is 3.10. The van der Waals surface area contributed by atoms with Crippen LogP contribution >= 0.6 is 0 Å². The summed E-state index contributed by atoms with van der Waals surface area (Å²) in [6.07, 6.45) is 2.60. The quantitative estimate of drug-likeness (QED) is 0.856. The van der Waals surface area contributed by atoms with Crippen LogP contribution in [0.25, 0.3) is 0 Å². The molecule has 0 saturated carbocycles. The van der Waals surface area contributed by atoms with Gasteiger partial charge in [0.15, 0.2) is 11.6 Å². The van der Waals surface area contributed by atoms with Crippen LogP contribution in [0.3, 0.4) is 0 Å². The molecule has 0 unspecified atom stereocenters. The molecule has 1 atom stereocenters. The third-order valence-electron chi connectivity index (χ3n) is 4.87. The van der Waals surface area contributed by atoms with Crippen molar-refractivity contribution < 1.29 is 23.4 Å². The smallest absolute Gasteiger partial charge is 0.253 e. The van der Waals surface area contributed by atoms with Gasteiger partial charge in [-0.1, -0.05) is 0 Å². The van der Waals surface area contributed by atoms with Gasteiger partial charge in [0.05, 0.1) is 25.4 Å². The second kappa shape index (κ2) is 6.45. The SMILES string of the molecule is COc1ccc(C(=O)N2CCC3(CC2)C[C@@H](OC)CO3)cc1F. The Labute approximate surface area is 135 Å². The van der Waals surface area contributed by atoms with Gasteiger partial charge >= 0.3 is 0 Å². The van der Waals surface area contributed by atoms with E-state index < -0.39 is 5.82 Å². The minimum Gasteiger partial charge on any atom is -0.494 e. The van der Waals surface area contributed by atoms with Crippen molar-refractivity contribution in [3.05, 3.63) is 29.6 Å². The number of amides is 1. The van der Waals surface area contributed by atoms with Gasteiger partial charge in [0.1, 0.15) is 0 Å². The van der Waals surface area contributed by atoms with Gasteiger partial charge < -0.3 is 19.1 Å². The maximum atomic E-state index is 13.8. The Hall–Kier alpha value is -1.66. The van der Waals surface area contributed by atoms with Gasteiger partial charge in [-0.05, 0) is 31.0 Å². The zero-order valence-corrected chi connectivity index (χ0v) is 13.5. The monoisotopic (exact) mass is 323 g/mol. The molecule has 6 heteroatoms. The second-order valence-corrected chi connectivity index (χ2v) is 6.20. The Bertz CT molecular complexity index is 584. The van der Waals surface area contributed by atoms with Crippen LogP contribution in [-0.4, -0.2) is 56.4 Å². The lowest BCUT2D eigenvalue weighted by molar-refractivity contribution is -0.0402. The third kappa shape index (κ3) is 3.19. The molecule has 1 spiro atoms. The molecule has 0 aromatic heterocycles. The van der Waals surface area contributed by atoms with Crippen molar-refractivity contribution in [1.82, 2.24) is 4.90 Å². The van der Waals surface area contributed by atoms with E-state index in [0.29, 0.717) is 25.3 Å². The van der Waals surface area contributed by atoms with E-state index in [1.165, 1.54) is 19.2 Å². The van der Waals surface area contributed by atoms with Crippen molar-refractivity contribution in [1.29, 1.82) is 0 Å². The van der Waals surface area contributed by atoms with Crippen LogP contribution < -0.4 is 4.74 Å². The van der Waals surface area contributed by atoms with Crippen molar-refractivity contribution in [3.63, 3.8) is 0 Å². The molecule has 1 aromatic carbocycles. The molecule has 0 bridgehead atoms. The summed E-state index contributed by atoms with van der Waals surface area (Å²) in [5.41, 5.74) is 0.184. The standard InChI is InChI=1S/C17H22FNO4/c1-21-13-10-17(23-11-13)5-7-19(8-6-17)16(20)12-3-4-15(22-2)14(18)9-12/h3-4,9,13H,5-8,10-11H2,1-2H3/t13-/m1/s1. The van der Waals surface area contributed by atoms with Crippen LogP contribution in [0.2, 0.25) is 0 Å². The van der Waals surface area contributed by atoms with Crippen molar-refractivity contribution >= 4 is 5.91 Å². The molecule has 5 nitrogen and oxygen atoms in total. The number of carbonyl (C=O) groups is 1. The van der Waals surface area contributed by atoms with E-state index in [0.717, 1.165) is 19.3 Å². The minimum atomic E-state index is -0.520. The first kappa shape index (κ1) is 16.2. The topological polar surface area (TPSA) is 48.0 Å². The van der Waals surface area contributed by atoms with Crippen LogP contribution in [0.15, 0.2) is 18.2 Å². The molecule has 2 fully saturated rings. The average Bonchev–Trinajstić information content (AvgIpc) is 2.98. The fourth-order valence-corrected chi connectivity index (χ4v) is 3.40. The Morgan fingerprint density at radius 2 is 2.09 bits per heavy atom. The number of nitrogens with zero attached hydrogens (tertiary/aromatic N) is 1. The normalized spacial score (nSPS) is 23.3. The van der Waals surface area contributed by atoms with E-state index in [2.05, 4.69) is 0 Å². The Morgan fingerprint density at radius 1 is 1.35 bits per heavy atom. The predicted octanol–water partition coefficient (Wildman–Crippen LogP) is 2.24. The van der Waals surface area contributed by atoms with E-state index in [9.17, 15) is 9.18 Å². The Balaban J connectivity index is 1.63. The maximum absolute atomic E-state index is 13.8. The van der Waals surface area contributed by atoms with E-state index in [1.54, 1.807) is 18.1 Å².